The third-order valence-corrected chi connectivity index (χ3v) is 4.44. The highest BCUT2D eigenvalue weighted by atomic mass is 79.9. The minimum Gasteiger partial charge on any atom is -0.308 e. The summed E-state index contributed by atoms with van der Waals surface area (Å²) in [6, 6.07) is 15.0. The summed E-state index contributed by atoms with van der Waals surface area (Å²) in [4.78, 5) is 0. The van der Waals surface area contributed by atoms with Gasteiger partial charge in [-0.05, 0) is 46.2 Å². The van der Waals surface area contributed by atoms with Gasteiger partial charge in [-0.1, -0.05) is 42.5 Å². The van der Waals surface area contributed by atoms with E-state index in [1.807, 2.05) is 17.9 Å². The van der Waals surface area contributed by atoms with Gasteiger partial charge in [-0.15, -0.1) is 0 Å². The zero-order chi connectivity index (χ0) is 14.8. The number of aryl methyl sites for hydroxylation is 1. The molecule has 0 aliphatic rings. The van der Waals surface area contributed by atoms with Crippen molar-refractivity contribution in [2.24, 2.45) is 0 Å². The average Bonchev–Trinajstić information content (AvgIpc) is 2.90. The van der Waals surface area contributed by atoms with Crippen molar-refractivity contribution in [1.82, 2.24) is 15.1 Å². The van der Waals surface area contributed by atoms with Gasteiger partial charge < -0.3 is 5.32 Å². The first-order valence-electron chi connectivity index (χ1n) is 7.12. The van der Waals surface area contributed by atoms with Gasteiger partial charge in [0.05, 0.1) is 22.4 Å². The standard InChI is InChI=1S/C17H18BrN3/c1-3-21-17(15(18)11-20-21)16(19-2)14-10-6-8-12-7-4-5-9-13(12)14/h4-11,16,19H,3H2,1-2H3. The SMILES string of the molecule is CCn1ncc(Br)c1C(NC)c1cccc2ccccc12. The molecule has 21 heavy (non-hydrogen) atoms. The zero-order valence-electron chi connectivity index (χ0n) is 12.2. The van der Waals surface area contributed by atoms with Crippen LogP contribution in [0.1, 0.15) is 24.2 Å². The Hall–Kier alpha value is -1.65. The molecule has 0 aliphatic heterocycles. The lowest BCUT2D eigenvalue weighted by Gasteiger charge is -2.20. The van der Waals surface area contributed by atoms with Crippen LogP contribution in [0.5, 0.6) is 0 Å². The van der Waals surface area contributed by atoms with Gasteiger partial charge >= 0.3 is 0 Å². The molecule has 0 bridgehead atoms. The summed E-state index contributed by atoms with van der Waals surface area (Å²) in [5.74, 6) is 0. The van der Waals surface area contributed by atoms with Crippen LogP contribution >= 0.6 is 15.9 Å². The molecule has 0 aliphatic carbocycles. The van der Waals surface area contributed by atoms with Gasteiger partial charge in [0, 0.05) is 6.54 Å². The second kappa shape index (κ2) is 6.00. The molecule has 0 spiro atoms. The van der Waals surface area contributed by atoms with E-state index in [1.165, 1.54) is 16.3 Å². The number of nitrogens with zero attached hydrogens (tertiary/aromatic N) is 2. The van der Waals surface area contributed by atoms with Crippen LogP contribution in [-0.4, -0.2) is 16.8 Å². The number of aromatic nitrogens is 2. The first-order chi connectivity index (χ1) is 10.3. The molecule has 108 valence electrons. The summed E-state index contributed by atoms with van der Waals surface area (Å²) in [7, 11) is 1.99. The number of fused-ring (bicyclic) bond motifs is 1. The van der Waals surface area contributed by atoms with Gasteiger partial charge in [0.25, 0.3) is 0 Å². The van der Waals surface area contributed by atoms with Crippen molar-refractivity contribution in [2.45, 2.75) is 19.5 Å². The lowest BCUT2D eigenvalue weighted by atomic mass is 9.97. The number of nitrogens with one attached hydrogen (secondary N) is 1. The Morgan fingerprint density at radius 1 is 1.19 bits per heavy atom. The Balaban J connectivity index is 2.21. The minimum atomic E-state index is 0.105. The molecule has 3 rings (SSSR count). The summed E-state index contributed by atoms with van der Waals surface area (Å²) in [6.07, 6.45) is 1.87. The van der Waals surface area contributed by atoms with Gasteiger partial charge in [0.2, 0.25) is 0 Å². The summed E-state index contributed by atoms with van der Waals surface area (Å²) in [5.41, 5.74) is 2.43. The minimum absolute atomic E-state index is 0.105. The number of halogens is 1. The van der Waals surface area contributed by atoms with E-state index >= 15 is 0 Å². The fourth-order valence-corrected chi connectivity index (χ4v) is 3.38. The zero-order valence-corrected chi connectivity index (χ0v) is 13.8. The van der Waals surface area contributed by atoms with Gasteiger partial charge in [0.15, 0.2) is 0 Å². The Morgan fingerprint density at radius 2 is 1.95 bits per heavy atom. The molecule has 1 aromatic heterocycles. The smallest absolute Gasteiger partial charge is 0.0763 e. The molecule has 1 N–H and O–H groups in total. The van der Waals surface area contributed by atoms with Crippen LogP contribution in [0.4, 0.5) is 0 Å². The van der Waals surface area contributed by atoms with Crippen LogP contribution in [0.3, 0.4) is 0 Å². The van der Waals surface area contributed by atoms with E-state index in [0.717, 1.165) is 16.7 Å². The van der Waals surface area contributed by atoms with Crippen molar-refractivity contribution in [3.8, 4) is 0 Å². The lowest BCUT2D eigenvalue weighted by Crippen LogP contribution is -2.22. The highest BCUT2D eigenvalue weighted by molar-refractivity contribution is 9.10. The molecular formula is C17H18BrN3. The van der Waals surface area contributed by atoms with Crippen LogP contribution < -0.4 is 5.32 Å². The van der Waals surface area contributed by atoms with Crippen LogP contribution in [0.15, 0.2) is 53.1 Å². The van der Waals surface area contributed by atoms with Gasteiger partial charge in [-0.2, -0.15) is 5.10 Å². The molecule has 2 aromatic carbocycles. The van der Waals surface area contributed by atoms with Crippen LogP contribution in [0.25, 0.3) is 10.8 Å². The third kappa shape index (κ3) is 2.49. The van der Waals surface area contributed by atoms with E-state index in [-0.39, 0.29) is 6.04 Å². The van der Waals surface area contributed by atoms with Crippen LogP contribution in [0, 0.1) is 0 Å². The van der Waals surface area contributed by atoms with E-state index < -0.39 is 0 Å². The maximum absolute atomic E-state index is 4.44. The van der Waals surface area contributed by atoms with Crippen molar-refractivity contribution in [3.05, 3.63) is 64.4 Å². The number of benzene rings is 2. The Kier molecular flexibility index (Phi) is 4.08. The third-order valence-electron chi connectivity index (χ3n) is 3.83. The predicted molar refractivity (Wildman–Crippen MR) is 90.5 cm³/mol. The lowest BCUT2D eigenvalue weighted by molar-refractivity contribution is 0.563. The fourth-order valence-electron chi connectivity index (χ4n) is 2.85. The molecular weight excluding hydrogens is 326 g/mol. The topological polar surface area (TPSA) is 29.9 Å². The number of hydrogen-bond donors (Lipinski definition) is 1. The van der Waals surface area contributed by atoms with E-state index in [1.54, 1.807) is 0 Å². The van der Waals surface area contributed by atoms with E-state index in [9.17, 15) is 0 Å². The molecule has 0 amide bonds. The Morgan fingerprint density at radius 3 is 2.71 bits per heavy atom. The maximum atomic E-state index is 4.44. The highest BCUT2D eigenvalue weighted by Crippen LogP contribution is 2.32. The molecule has 1 atom stereocenters. The van der Waals surface area contributed by atoms with E-state index in [4.69, 9.17) is 0 Å². The van der Waals surface area contributed by atoms with E-state index in [2.05, 4.69) is 75.7 Å². The van der Waals surface area contributed by atoms with Gasteiger partial charge in [-0.25, -0.2) is 0 Å². The summed E-state index contributed by atoms with van der Waals surface area (Å²) in [5, 5.41) is 10.4. The number of hydrogen-bond acceptors (Lipinski definition) is 2. The fraction of sp³-hybridized carbons (Fsp3) is 0.235. The molecule has 1 unspecified atom stereocenters. The van der Waals surface area contributed by atoms with Crippen molar-refractivity contribution in [1.29, 1.82) is 0 Å². The normalized spacial score (nSPS) is 12.7. The first kappa shape index (κ1) is 14.3. The molecule has 0 fully saturated rings. The molecule has 3 nitrogen and oxygen atoms in total. The van der Waals surface area contributed by atoms with Gasteiger partial charge in [0.1, 0.15) is 0 Å². The van der Waals surface area contributed by atoms with Gasteiger partial charge in [-0.3, -0.25) is 4.68 Å². The second-order valence-corrected chi connectivity index (χ2v) is 5.84. The molecule has 0 radical (unpaired) electrons. The average molecular weight is 344 g/mol. The molecule has 3 aromatic rings. The summed E-state index contributed by atoms with van der Waals surface area (Å²) < 4.78 is 3.07. The van der Waals surface area contributed by atoms with E-state index in [0.29, 0.717) is 0 Å². The molecule has 1 heterocycles. The maximum Gasteiger partial charge on any atom is 0.0763 e. The largest absolute Gasteiger partial charge is 0.308 e. The van der Waals surface area contributed by atoms with Crippen molar-refractivity contribution < 1.29 is 0 Å². The van der Waals surface area contributed by atoms with Crippen molar-refractivity contribution in [2.75, 3.05) is 7.05 Å². The summed E-state index contributed by atoms with van der Waals surface area (Å²) >= 11 is 3.64. The van der Waals surface area contributed by atoms with Crippen molar-refractivity contribution >= 4 is 26.7 Å². The van der Waals surface area contributed by atoms with Crippen LogP contribution in [-0.2, 0) is 6.54 Å². The van der Waals surface area contributed by atoms with Crippen molar-refractivity contribution in [3.63, 3.8) is 0 Å². The quantitative estimate of drug-likeness (QED) is 0.771. The second-order valence-electron chi connectivity index (χ2n) is 4.98. The Bertz CT molecular complexity index is 758. The molecule has 0 saturated heterocycles. The first-order valence-corrected chi connectivity index (χ1v) is 7.91. The predicted octanol–water partition coefficient (Wildman–Crippen LogP) is 4.13. The highest BCUT2D eigenvalue weighted by Gasteiger charge is 2.21. The monoisotopic (exact) mass is 343 g/mol. The molecule has 0 saturated carbocycles. The summed E-state index contributed by atoms with van der Waals surface area (Å²) in [6.45, 7) is 2.96. The number of rotatable bonds is 4. The molecule has 4 heteroatoms. The Labute approximate surface area is 133 Å². The van der Waals surface area contributed by atoms with Crippen LogP contribution in [0.2, 0.25) is 0 Å².